The highest BCUT2D eigenvalue weighted by Crippen LogP contribution is 1.88. The van der Waals surface area contributed by atoms with Gasteiger partial charge in [0.15, 0.2) is 0 Å². The summed E-state index contributed by atoms with van der Waals surface area (Å²) in [6.07, 6.45) is 0.509. The van der Waals surface area contributed by atoms with Crippen molar-refractivity contribution in [3.8, 4) is 0 Å². The Morgan fingerprint density at radius 2 is 2.12 bits per heavy atom. The zero-order valence-electron chi connectivity index (χ0n) is 5.39. The molecule has 3 nitrogen and oxygen atoms in total. The van der Waals surface area contributed by atoms with Crippen molar-refractivity contribution in [3.63, 3.8) is 0 Å². The first-order valence-corrected chi connectivity index (χ1v) is 2.85. The largest absolute Gasteiger partial charge is 0.303 e. The quantitative estimate of drug-likeness (QED) is 0.335. The molecule has 0 radical (unpaired) electrons. The second-order valence-electron chi connectivity index (χ2n) is 1.45. The van der Waals surface area contributed by atoms with Crippen LogP contribution in [0, 0.1) is 0 Å². The summed E-state index contributed by atoms with van der Waals surface area (Å²) >= 11 is 0. The van der Waals surface area contributed by atoms with Crippen molar-refractivity contribution in [2.75, 3.05) is 6.61 Å². The number of rotatable bonds is 4. The SMILES string of the molecule is CCOOC(N)CC. The Morgan fingerprint density at radius 3 is 2.50 bits per heavy atom. The summed E-state index contributed by atoms with van der Waals surface area (Å²) in [7, 11) is 0. The van der Waals surface area contributed by atoms with Crippen LogP contribution in [0.25, 0.3) is 0 Å². The van der Waals surface area contributed by atoms with E-state index in [4.69, 9.17) is 5.73 Å². The summed E-state index contributed by atoms with van der Waals surface area (Å²) in [6, 6.07) is 0. The molecule has 8 heavy (non-hydrogen) atoms. The van der Waals surface area contributed by atoms with E-state index < -0.39 is 0 Å². The highest BCUT2D eigenvalue weighted by molar-refractivity contribution is 4.34. The predicted octanol–water partition coefficient (Wildman–Crippen LogP) is 0.649. The third-order valence-electron chi connectivity index (χ3n) is 0.712. The molecule has 0 aromatic heterocycles. The average Bonchev–Trinajstić information content (AvgIpc) is 1.83. The van der Waals surface area contributed by atoms with Crippen molar-refractivity contribution in [1.29, 1.82) is 0 Å². The minimum absolute atomic E-state index is 0.269. The van der Waals surface area contributed by atoms with Gasteiger partial charge in [0.2, 0.25) is 0 Å². The minimum Gasteiger partial charge on any atom is -0.303 e. The molecular formula is C5H13NO2. The minimum atomic E-state index is -0.269. The molecule has 1 unspecified atom stereocenters. The van der Waals surface area contributed by atoms with Crippen LogP contribution in [-0.2, 0) is 9.78 Å². The molecule has 0 rings (SSSR count). The van der Waals surface area contributed by atoms with Gasteiger partial charge in [-0.25, -0.2) is 9.78 Å². The fourth-order valence-corrected chi connectivity index (χ4v) is 0.223. The van der Waals surface area contributed by atoms with Crippen molar-refractivity contribution in [2.45, 2.75) is 26.5 Å². The van der Waals surface area contributed by atoms with E-state index in [-0.39, 0.29) is 6.23 Å². The first-order valence-electron chi connectivity index (χ1n) is 2.85. The summed E-state index contributed by atoms with van der Waals surface area (Å²) in [5, 5.41) is 0. The van der Waals surface area contributed by atoms with Gasteiger partial charge in [-0.05, 0) is 13.3 Å². The lowest BCUT2D eigenvalue weighted by Gasteiger charge is -2.06. The van der Waals surface area contributed by atoms with Crippen molar-refractivity contribution in [3.05, 3.63) is 0 Å². The lowest BCUT2D eigenvalue weighted by atomic mass is 10.5. The van der Waals surface area contributed by atoms with Crippen molar-refractivity contribution in [1.82, 2.24) is 0 Å². The van der Waals surface area contributed by atoms with Gasteiger partial charge in [0.05, 0.1) is 6.61 Å². The van der Waals surface area contributed by atoms with Gasteiger partial charge < -0.3 is 5.73 Å². The van der Waals surface area contributed by atoms with Crippen LogP contribution in [0.3, 0.4) is 0 Å². The van der Waals surface area contributed by atoms with Crippen LogP contribution >= 0.6 is 0 Å². The lowest BCUT2D eigenvalue weighted by Crippen LogP contribution is -2.22. The van der Waals surface area contributed by atoms with Gasteiger partial charge in [-0.1, -0.05) is 6.92 Å². The van der Waals surface area contributed by atoms with Crippen LogP contribution < -0.4 is 5.73 Å². The molecule has 0 amide bonds. The van der Waals surface area contributed by atoms with E-state index in [0.717, 1.165) is 6.42 Å². The molecule has 0 aliphatic heterocycles. The fourth-order valence-electron chi connectivity index (χ4n) is 0.223. The second kappa shape index (κ2) is 5.03. The third kappa shape index (κ3) is 4.05. The van der Waals surface area contributed by atoms with Gasteiger partial charge in [-0.15, -0.1) is 0 Å². The smallest absolute Gasteiger partial charge is 0.140 e. The third-order valence-corrected chi connectivity index (χ3v) is 0.712. The normalized spacial score (nSPS) is 13.9. The summed E-state index contributed by atoms with van der Waals surface area (Å²) in [6.45, 7) is 4.33. The second-order valence-corrected chi connectivity index (χ2v) is 1.45. The van der Waals surface area contributed by atoms with Crippen molar-refractivity contribution >= 4 is 0 Å². The number of hydrogen-bond acceptors (Lipinski definition) is 3. The lowest BCUT2D eigenvalue weighted by molar-refractivity contribution is -0.320. The van der Waals surface area contributed by atoms with E-state index in [0.29, 0.717) is 6.61 Å². The molecule has 1 atom stereocenters. The molecule has 3 heteroatoms. The zero-order valence-corrected chi connectivity index (χ0v) is 5.39. The molecule has 0 saturated carbocycles. The van der Waals surface area contributed by atoms with Crippen molar-refractivity contribution < 1.29 is 9.78 Å². The molecule has 0 aromatic rings. The molecule has 0 saturated heterocycles. The van der Waals surface area contributed by atoms with Crippen LogP contribution in [0.5, 0.6) is 0 Å². The summed E-state index contributed by atoms with van der Waals surface area (Å²) in [5.41, 5.74) is 5.31. The number of hydrogen-bond donors (Lipinski definition) is 1. The summed E-state index contributed by atoms with van der Waals surface area (Å²) in [4.78, 5) is 9.18. The van der Waals surface area contributed by atoms with E-state index in [1.807, 2.05) is 13.8 Å². The van der Waals surface area contributed by atoms with E-state index in [1.165, 1.54) is 0 Å². The average molecular weight is 119 g/mol. The van der Waals surface area contributed by atoms with Gasteiger partial charge in [0, 0.05) is 0 Å². The highest BCUT2D eigenvalue weighted by Gasteiger charge is 1.95. The molecule has 0 spiro atoms. The van der Waals surface area contributed by atoms with Crippen molar-refractivity contribution in [2.24, 2.45) is 5.73 Å². The van der Waals surface area contributed by atoms with Gasteiger partial charge in [-0.3, -0.25) is 0 Å². The topological polar surface area (TPSA) is 44.5 Å². The molecular weight excluding hydrogens is 106 g/mol. The molecule has 2 N–H and O–H groups in total. The molecule has 0 aromatic carbocycles. The van der Waals surface area contributed by atoms with E-state index in [1.54, 1.807) is 0 Å². The maximum Gasteiger partial charge on any atom is 0.140 e. The zero-order chi connectivity index (χ0) is 6.41. The van der Waals surface area contributed by atoms with E-state index in [2.05, 4.69) is 9.78 Å². The van der Waals surface area contributed by atoms with Crippen LogP contribution in [0.15, 0.2) is 0 Å². The Balaban J connectivity index is 2.86. The van der Waals surface area contributed by atoms with Gasteiger partial charge >= 0.3 is 0 Å². The standard InChI is InChI=1S/C5H13NO2/c1-3-5(6)8-7-4-2/h5H,3-4,6H2,1-2H3. The maximum atomic E-state index is 5.31. The molecule has 0 bridgehead atoms. The van der Waals surface area contributed by atoms with Gasteiger partial charge in [-0.2, -0.15) is 0 Å². The highest BCUT2D eigenvalue weighted by atomic mass is 17.2. The maximum absolute atomic E-state index is 5.31. The first kappa shape index (κ1) is 7.88. The Morgan fingerprint density at radius 1 is 1.50 bits per heavy atom. The summed E-state index contributed by atoms with van der Waals surface area (Å²) < 4.78 is 0. The Kier molecular flexibility index (Phi) is 4.95. The molecule has 0 aliphatic rings. The molecule has 50 valence electrons. The fraction of sp³-hybridized carbons (Fsp3) is 1.00. The Labute approximate surface area is 49.7 Å². The first-order chi connectivity index (χ1) is 3.81. The van der Waals surface area contributed by atoms with Crippen LogP contribution in [0.4, 0.5) is 0 Å². The monoisotopic (exact) mass is 119 g/mol. The molecule has 0 heterocycles. The Hall–Kier alpha value is -0.120. The number of nitrogens with two attached hydrogens (primary N) is 1. The Bertz CT molecular complexity index is 49.7. The van der Waals surface area contributed by atoms with E-state index in [9.17, 15) is 0 Å². The molecule has 0 aliphatic carbocycles. The summed E-state index contributed by atoms with van der Waals surface area (Å²) in [5.74, 6) is 0. The van der Waals surface area contributed by atoms with Gasteiger partial charge in [0.1, 0.15) is 6.23 Å². The molecule has 0 fully saturated rings. The predicted molar refractivity (Wildman–Crippen MR) is 31.0 cm³/mol. The van der Waals surface area contributed by atoms with E-state index >= 15 is 0 Å². The van der Waals surface area contributed by atoms with Crippen LogP contribution in [0.2, 0.25) is 0 Å². The van der Waals surface area contributed by atoms with Crippen LogP contribution in [0.1, 0.15) is 20.3 Å². The van der Waals surface area contributed by atoms with Gasteiger partial charge in [0.25, 0.3) is 0 Å². The van der Waals surface area contributed by atoms with Crippen LogP contribution in [-0.4, -0.2) is 12.8 Å².